The number of hydrogen-bond donors (Lipinski definition) is 0. The molecule has 1 saturated heterocycles. The molecule has 3 rings (SSSR count). The van der Waals surface area contributed by atoms with Crippen LogP contribution >= 0.6 is 0 Å². The van der Waals surface area contributed by atoms with Crippen molar-refractivity contribution in [1.29, 1.82) is 0 Å². The van der Waals surface area contributed by atoms with Crippen molar-refractivity contribution >= 4 is 0 Å². The van der Waals surface area contributed by atoms with Gasteiger partial charge >= 0.3 is 0 Å². The van der Waals surface area contributed by atoms with Crippen LogP contribution in [0.5, 0.6) is 5.75 Å². The average molecular weight is 358 g/mol. The molecular formula is C19H30N6O. The molecule has 0 aliphatic carbocycles. The number of rotatable bonds is 7. The first-order chi connectivity index (χ1) is 12.6. The van der Waals surface area contributed by atoms with E-state index in [9.17, 15) is 0 Å². The number of methoxy groups -OCH3 is 1. The molecule has 26 heavy (non-hydrogen) atoms. The molecule has 1 aliphatic heterocycles. The lowest BCUT2D eigenvalue weighted by atomic mass is 10.0. The molecule has 7 heteroatoms. The van der Waals surface area contributed by atoms with E-state index in [2.05, 4.69) is 58.4 Å². The fraction of sp³-hybridized carbons (Fsp3) is 0.632. The molecule has 0 N–H and O–H groups in total. The molecule has 2 heterocycles. The fourth-order valence-corrected chi connectivity index (χ4v) is 3.42. The van der Waals surface area contributed by atoms with E-state index in [0.717, 1.165) is 56.3 Å². The zero-order valence-electron chi connectivity index (χ0n) is 16.3. The smallest absolute Gasteiger partial charge is 0.173 e. The molecule has 1 aliphatic rings. The number of nitrogens with zero attached hydrogens (tertiary/aromatic N) is 6. The van der Waals surface area contributed by atoms with Gasteiger partial charge in [-0.2, -0.15) is 0 Å². The molecule has 1 aromatic heterocycles. The first-order valence-electron chi connectivity index (χ1n) is 9.41. The van der Waals surface area contributed by atoms with Crippen LogP contribution in [-0.2, 0) is 6.54 Å². The fourth-order valence-electron chi connectivity index (χ4n) is 3.42. The molecule has 0 amide bonds. The Labute approximate surface area is 155 Å². The summed E-state index contributed by atoms with van der Waals surface area (Å²) in [6, 6.07) is 8.21. The maximum Gasteiger partial charge on any atom is 0.173 e. The van der Waals surface area contributed by atoms with Gasteiger partial charge < -0.3 is 9.64 Å². The van der Waals surface area contributed by atoms with E-state index >= 15 is 0 Å². The first kappa shape index (κ1) is 18.8. The Morgan fingerprint density at radius 3 is 2.54 bits per heavy atom. The summed E-state index contributed by atoms with van der Waals surface area (Å²) in [6.07, 6.45) is 1.05. The van der Waals surface area contributed by atoms with Crippen molar-refractivity contribution in [2.24, 2.45) is 5.92 Å². The Hall–Kier alpha value is -1.99. The number of likely N-dealkylation sites (N-methyl/N-ethyl adjacent to an activating group) is 1. The van der Waals surface area contributed by atoms with E-state index < -0.39 is 0 Å². The van der Waals surface area contributed by atoms with Gasteiger partial charge in [0, 0.05) is 38.3 Å². The van der Waals surface area contributed by atoms with Gasteiger partial charge in [-0.25, -0.2) is 4.68 Å². The normalized spacial score (nSPS) is 17.6. The van der Waals surface area contributed by atoms with Gasteiger partial charge in [-0.1, -0.05) is 32.0 Å². The Balaban J connectivity index is 1.97. The van der Waals surface area contributed by atoms with Gasteiger partial charge in [0.25, 0.3) is 0 Å². The number of piperazine rings is 1. The lowest BCUT2D eigenvalue weighted by Crippen LogP contribution is -2.46. The maximum absolute atomic E-state index is 5.66. The van der Waals surface area contributed by atoms with Crippen molar-refractivity contribution in [1.82, 2.24) is 30.0 Å². The van der Waals surface area contributed by atoms with Crippen LogP contribution in [0, 0.1) is 5.92 Å². The van der Waals surface area contributed by atoms with Crippen molar-refractivity contribution in [3.05, 3.63) is 35.7 Å². The summed E-state index contributed by atoms with van der Waals surface area (Å²) in [5.41, 5.74) is 1.13. The Morgan fingerprint density at radius 2 is 1.85 bits per heavy atom. The Morgan fingerprint density at radius 1 is 1.12 bits per heavy atom. The third kappa shape index (κ3) is 4.22. The van der Waals surface area contributed by atoms with Crippen molar-refractivity contribution in [3.63, 3.8) is 0 Å². The summed E-state index contributed by atoms with van der Waals surface area (Å²) in [6.45, 7) is 9.33. The number of hydrogen-bond acceptors (Lipinski definition) is 6. The van der Waals surface area contributed by atoms with Crippen LogP contribution in [0.25, 0.3) is 0 Å². The first-order valence-corrected chi connectivity index (χ1v) is 9.41. The highest BCUT2D eigenvalue weighted by Gasteiger charge is 2.31. The molecule has 1 atom stereocenters. The minimum atomic E-state index is 0.00186. The maximum atomic E-state index is 5.66. The quantitative estimate of drug-likeness (QED) is 0.755. The number of para-hydroxylation sites is 1. The monoisotopic (exact) mass is 358 g/mol. The summed E-state index contributed by atoms with van der Waals surface area (Å²) in [7, 11) is 3.89. The van der Waals surface area contributed by atoms with Crippen LogP contribution in [0.1, 0.15) is 37.7 Å². The highest BCUT2D eigenvalue weighted by Crippen LogP contribution is 2.34. The highest BCUT2D eigenvalue weighted by molar-refractivity contribution is 5.39. The lowest BCUT2D eigenvalue weighted by molar-refractivity contribution is 0.120. The zero-order valence-corrected chi connectivity index (χ0v) is 16.3. The van der Waals surface area contributed by atoms with E-state index in [4.69, 9.17) is 4.74 Å². The molecule has 1 fully saturated rings. The molecule has 0 bridgehead atoms. The van der Waals surface area contributed by atoms with Crippen LogP contribution in [0.2, 0.25) is 0 Å². The number of tetrazole rings is 1. The predicted molar refractivity (Wildman–Crippen MR) is 101 cm³/mol. The molecule has 0 radical (unpaired) electrons. The minimum absolute atomic E-state index is 0.00186. The Kier molecular flexibility index (Phi) is 6.21. The highest BCUT2D eigenvalue weighted by atomic mass is 16.5. The molecule has 7 nitrogen and oxygen atoms in total. The Bertz CT molecular complexity index is 693. The molecule has 0 unspecified atom stereocenters. The molecular weight excluding hydrogens is 328 g/mol. The largest absolute Gasteiger partial charge is 0.496 e. The molecule has 142 valence electrons. The molecule has 1 aromatic carbocycles. The van der Waals surface area contributed by atoms with Crippen molar-refractivity contribution in [2.45, 2.75) is 32.9 Å². The zero-order chi connectivity index (χ0) is 18.5. The second-order valence-electron chi connectivity index (χ2n) is 7.43. The van der Waals surface area contributed by atoms with E-state index in [0.29, 0.717) is 5.92 Å². The van der Waals surface area contributed by atoms with E-state index in [1.807, 2.05) is 16.8 Å². The minimum Gasteiger partial charge on any atom is -0.496 e. The summed E-state index contributed by atoms with van der Waals surface area (Å²) < 4.78 is 7.63. The summed E-state index contributed by atoms with van der Waals surface area (Å²) in [5.74, 6) is 2.40. The van der Waals surface area contributed by atoms with Crippen LogP contribution < -0.4 is 4.74 Å². The summed E-state index contributed by atoms with van der Waals surface area (Å²) >= 11 is 0. The van der Waals surface area contributed by atoms with E-state index in [1.54, 1.807) is 7.11 Å². The topological polar surface area (TPSA) is 59.3 Å². The third-order valence-electron chi connectivity index (χ3n) is 5.06. The number of ether oxygens (including phenoxy) is 1. The van der Waals surface area contributed by atoms with E-state index in [-0.39, 0.29) is 6.04 Å². The molecule has 2 aromatic rings. The van der Waals surface area contributed by atoms with Crippen LogP contribution in [0.15, 0.2) is 24.3 Å². The van der Waals surface area contributed by atoms with Gasteiger partial charge in [0.1, 0.15) is 11.8 Å². The standard InChI is InChI=1S/C19H30N6O/c1-15(2)9-10-25-19(20-21-22-25)18(24-13-11-23(3)12-14-24)16-7-5-6-8-17(16)26-4/h5-8,15,18H,9-14H2,1-4H3/t18-/m0/s1. The van der Waals surface area contributed by atoms with Gasteiger partial charge in [-0.3, -0.25) is 4.90 Å². The van der Waals surface area contributed by atoms with Gasteiger partial charge in [-0.05, 0) is 35.9 Å². The van der Waals surface area contributed by atoms with Crippen LogP contribution in [0.3, 0.4) is 0 Å². The van der Waals surface area contributed by atoms with Crippen LogP contribution in [-0.4, -0.2) is 70.3 Å². The average Bonchev–Trinajstić information content (AvgIpc) is 3.10. The SMILES string of the molecule is COc1ccccc1[C@@H](c1nnnn1CCC(C)C)N1CCN(C)CC1. The predicted octanol–water partition coefficient (Wildman–Crippen LogP) is 2.06. The second kappa shape index (κ2) is 8.60. The summed E-state index contributed by atoms with van der Waals surface area (Å²) in [4.78, 5) is 4.83. The van der Waals surface area contributed by atoms with Gasteiger partial charge in [0.05, 0.1) is 7.11 Å². The molecule has 0 spiro atoms. The lowest BCUT2D eigenvalue weighted by Gasteiger charge is -2.37. The summed E-state index contributed by atoms with van der Waals surface area (Å²) in [5, 5.41) is 12.7. The van der Waals surface area contributed by atoms with Gasteiger partial charge in [0.2, 0.25) is 0 Å². The van der Waals surface area contributed by atoms with E-state index in [1.165, 1.54) is 0 Å². The third-order valence-corrected chi connectivity index (χ3v) is 5.06. The number of benzene rings is 1. The van der Waals surface area contributed by atoms with Gasteiger partial charge in [-0.15, -0.1) is 5.10 Å². The van der Waals surface area contributed by atoms with Crippen molar-refractivity contribution < 1.29 is 4.74 Å². The van der Waals surface area contributed by atoms with Crippen molar-refractivity contribution in [3.8, 4) is 5.75 Å². The molecule has 0 saturated carbocycles. The van der Waals surface area contributed by atoms with Crippen LogP contribution in [0.4, 0.5) is 0 Å². The van der Waals surface area contributed by atoms with Gasteiger partial charge in [0.15, 0.2) is 5.82 Å². The van der Waals surface area contributed by atoms with Crippen molar-refractivity contribution in [2.75, 3.05) is 40.3 Å². The second-order valence-corrected chi connectivity index (χ2v) is 7.43. The number of aryl methyl sites for hydroxylation is 1. The number of aromatic nitrogens is 4.